The van der Waals surface area contributed by atoms with E-state index < -0.39 is 0 Å². The van der Waals surface area contributed by atoms with Gasteiger partial charge in [0.2, 0.25) is 0 Å². The summed E-state index contributed by atoms with van der Waals surface area (Å²) in [6.45, 7) is 7.32. The molecule has 38 heavy (non-hydrogen) atoms. The Morgan fingerprint density at radius 3 is 2.32 bits per heavy atom. The molecule has 2 aliphatic heterocycles. The molecule has 3 atom stereocenters. The average molecular weight is 513 g/mol. The number of hydrogen-bond donors (Lipinski definition) is 1. The van der Waals surface area contributed by atoms with E-state index in [9.17, 15) is 9.59 Å². The molecule has 2 aromatic carbocycles. The second-order valence-electron chi connectivity index (χ2n) is 11.6. The number of benzene rings is 2. The third-order valence-electron chi connectivity index (χ3n) is 8.68. The van der Waals surface area contributed by atoms with Gasteiger partial charge >= 0.3 is 6.03 Å². The number of carbonyl (C=O) groups excluding carboxylic acids is 1. The molecule has 0 saturated carbocycles. The van der Waals surface area contributed by atoms with Crippen LogP contribution in [0.1, 0.15) is 44.7 Å². The monoisotopic (exact) mass is 512 g/mol. The summed E-state index contributed by atoms with van der Waals surface area (Å²) in [5, 5.41) is 3.42. The van der Waals surface area contributed by atoms with Gasteiger partial charge < -0.3 is 19.7 Å². The predicted octanol–water partition coefficient (Wildman–Crippen LogP) is 5.41. The highest BCUT2D eigenvalue weighted by atomic mass is 16.2. The molecule has 2 fully saturated rings. The first-order chi connectivity index (χ1) is 18.4. The number of nitrogens with zero attached hydrogens (tertiary/aromatic N) is 3. The summed E-state index contributed by atoms with van der Waals surface area (Å²) >= 11 is 0. The summed E-state index contributed by atoms with van der Waals surface area (Å²) in [5.74, 6) is 0.312. The molecule has 0 radical (unpaired) electrons. The number of carbonyl (C=O) groups is 1. The molecule has 2 aliphatic rings. The number of rotatable bonds is 5. The van der Waals surface area contributed by atoms with Crippen LogP contribution in [0.15, 0.2) is 83.8 Å². The van der Waals surface area contributed by atoms with Crippen LogP contribution in [0.2, 0.25) is 0 Å². The summed E-state index contributed by atoms with van der Waals surface area (Å²) in [6.07, 6.45) is 4.70. The Morgan fingerprint density at radius 2 is 1.66 bits per heavy atom. The third-order valence-corrected chi connectivity index (χ3v) is 8.68. The van der Waals surface area contributed by atoms with E-state index >= 15 is 0 Å². The smallest absolute Gasteiger partial charge is 0.320 e. The average Bonchev–Trinajstić information content (AvgIpc) is 2.95. The molecule has 0 spiro atoms. The van der Waals surface area contributed by atoms with Gasteiger partial charge in [0.05, 0.1) is 6.04 Å². The molecule has 3 aromatic rings. The van der Waals surface area contributed by atoms with Crippen LogP contribution in [0.25, 0.3) is 11.1 Å². The second kappa shape index (κ2) is 11.2. The summed E-state index contributed by atoms with van der Waals surface area (Å²) in [6, 6.07) is 24.8. The zero-order chi connectivity index (χ0) is 26.7. The van der Waals surface area contributed by atoms with Crippen molar-refractivity contribution >= 4 is 6.03 Å². The van der Waals surface area contributed by atoms with Crippen LogP contribution >= 0.6 is 0 Å². The maximum atomic E-state index is 13.9. The predicted molar refractivity (Wildman–Crippen MR) is 153 cm³/mol. The van der Waals surface area contributed by atoms with Gasteiger partial charge in [-0.15, -0.1) is 0 Å². The van der Waals surface area contributed by atoms with Crippen molar-refractivity contribution in [2.45, 2.75) is 51.7 Å². The normalized spacial score (nSPS) is 23.3. The summed E-state index contributed by atoms with van der Waals surface area (Å²) in [5.41, 5.74) is 3.13. The second-order valence-corrected chi connectivity index (χ2v) is 11.6. The molecule has 1 unspecified atom stereocenters. The van der Waals surface area contributed by atoms with Crippen LogP contribution in [0.5, 0.6) is 0 Å². The van der Waals surface area contributed by atoms with Crippen LogP contribution in [0.4, 0.5) is 4.79 Å². The fourth-order valence-electron chi connectivity index (χ4n) is 6.24. The van der Waals surface area contributed by atoms with Crippen LogP contribution in [0.3, 0.4) is 0 Å². The van der Waals surface area contributed by atoms with E-state index in [1.54, 1.807) is 6.07 Å². The molecule has 3 heterocycles. The standard InChI is InChI=1S/C32H40N4O2/c1-32(2)23-35(31(38)36-19-16-28(33-3)21-29(36)25-12-8-5-9-13-25)18-15-27(32)22-34-17-14-26(20-30(34)37)24-10-6-4-7-11-24/h4-14,17,20,27-29,33H,15-16,18-19,21-23H2,1-3H3/t27?,28-,29+/m1/s1. The molecule has 6 heteroatoms. The van der Waals surface area contributed by atoms with Crippen LogP contribution < -0.4 is 10.9 Å². The minimum Gasteiger partial charge on any atom is -0.324 e. The van der Waals surface area contributed by atoms with Crippen LogP contribution in [-0.2, 0) is 6.54 Å². The first kappa shape index (κ1) is 26.2. The van der Waals surface area contributed by atoms with Crippen molar-refractivity contribution in [1.29, 1.82) is 0 Å². The van der Waals surface area contributed by atoms with Gasteiger partial charge in [-0.3, -0.25) is 4.79 Å². The van der Waals surface area contributed by atoms with E-state index in [2.05, 4.69) is 48.3 Å². The molecule has 0 aliphatic carbocycles. The Morgan fingerprint density at radius 1 is 0.947 bits per heavy atom. The van der Waals surface area contributed by atoms with Gasteiger partial charge in [0, 0.05) is 44.5 Å². The van der Waals surface area contributed by atoms with E-state index in [0.717, 1.165) is 43.5 Å². The van der Waals surface area contributed by atoms with Gasteiger partial charge in [0.1, 0.15) is 0 Å². The van der Waals surface area contributed by atoms with Crippen molar-refractivity contribution in [2.24, 2.45) is 11.3 Å². The number of urea groups is 1. The van der Waals surface area contributed by atoms with Gasteiger partial charge in [0.15, 0.2) is 0 Å². The van der Waals surface area contributed by atoms with E-state index in [0.29, 0.717) is 25.0 Å². The minimum atomic E-state index is -0.100. The zero-order valence-corrected chi connectivity index (χ0v) is 22.8. The minimum absolute atomic E-state index is 0.0266. The Balaban J connectivity index is 1.28. The van der Waals surface area contributed by atoms with E-state index in [1.807, 2.05) is 65.2 Å². The molecule has 2 saturated heterocycles. The van der Waals surface area contributed by atoms with Gasteiger partial charge in [-0.1, -0.05) is 74.5 Å². The number of aromatic nitrogens is 1. The molecule has 2 amide bonds. The van der Waals surface area contributed by atoms with Crippen molar-refractivity contribution in [3.63, 3.8) is 0 Å². The number of piperidine rings is 2. The molecule has 0 bridgehead atoms. The van der Waals surface area contributed by atoms with Crippen molar-refractivity contribution < 1.29 is 4.79 Å². The zero-order valence-electron chi connectivity index (χ0n) is 22.8. The van der Waals surface area contributed by atoms with Gasteiger partial charge in [0.25, 0.3) is 5.56 Å². The van der Waals surface area contributed by atoms with Crippen molar-refractivity contribution in [1.82, 2.24) is 19.7 Å². The summed E-state index contributed by atoms with van der Waals surface area (Å²) in [4.78, 5) is 31.0. The van der Waals surface area contributed by atoms with E-state index in [-0.39, 0.29) is 23.0 Å². The largest absolute Gasteiger partial charge is 0.324 e. The number of amides is 2. The van der Waals surface area contributed by atoms with Crippen LogP contribution in [-0.4, -0.2) is 53.1 Å². The van der Waals surface area contributed by atoms with Crippen LogP contribution in [0, 0.1) is 11.3 Å². The fraction of sp³-hybridized carbons (Fsp3) is 0.438. The van der Waals surface area contributed by atoms with Crippen molar-refractivity contribution in [3.8, 4) is 11.1 Å². The lowest BCUT2D eigenvalue weighted by Gasteiger charge is -2.48. The fourth-order valence-corrected chi connectivity index (χ4v) is 6.24. The third kappa shape index (κ3) is 5.56. The molecule has 1 N–H and O–H groups in total. The molecule has 6 nitrogen and oxygen atoms in total. The van der Waals surface area contributed by atoms with Crippen molar-refractivity contribution in [3.05, 3.63) is 94.9 Å². The highest BCUT2D eigenvalue weighted by Gasteiger charge is 2.41. The Bertz CT molecular complexity index is 1290. The molecule has 1 aromatic heterocycles. The molecular formula is C32H40N4O2. The topological polar surface area (TPSA) is 57.6 Å². The van der Waals surface area contributed by atoms with Gasteiger partial charge in [-0.25, -0.2) is 4.79 Å². The molecular weight excluding hydrogens is 472 g/mol. The highest BCUT2D eigenvalue weighted by Crippen LogP contribution is 2.38. The summed E-state index contributed by atoms with van der Waals surface area (Å²) in [7, 11) is 2.01. The van der Waals surface area contributed by atoms with E-state index in [4.69, 9.17) is 0 Å². The number of hydrogen-bond acceptors (Lipinski definition) is 3. The number of pyridine rings is 1. The first-order valence-electron chi connectivity index (χ1n) is 13.9. The SMILES string of the molecule is CN[C@@H]1CCN(C(=O)N2CCC(Cn3ccc(-c4ccccc4)cc3=O)C(C)(C)C2)[C@H](c2ccccc2)C1. The van der Waals surface area contributed by atoms with Gasteiger partial charge in [-0.05, 0) is 60.4 Å². The summed E-state index contributed by atoms with van der Waals surface area (Å²) < 4.78 is 1.84. The Labute approximate surface area is 226 Å². The first-order valence-corrected chi connectivity index (χ1v) is 13.9. The van der Waals surface area contributed by atoms with E-state index in [1.165, 1.54) is 5.56 Å². The number of nitrogens with one attached hydrogen (secondary N) is 1. The quantitative estimate of drug-likeness (QED) is 0.497. The maximum Gasteiger partial charge on any atom is 0.320 e. The molecule has 200 valence electrons. The highest BCUT2D eigenvalue weighted by molar-refractivity contribution is 5.75. The lowest BCUT2D eigenvalue weighted by Crippen LogP contribution is -2.56. The maximum absolute atomic E-state index is 13.9. The van der Waals surface area contributed by atoms with Gasteiger partial charge in [-0.2, -0.15) is 0 Å². The Hall–Kier alpha value is -3.38. The number of likely N-dealkylation sites (tertiary alicyclic amines) is 2. The lowest BCUT2D eigenvalue weighted by molar-refractivity contribution is 0.0383. The molecule has 5 rings (SSSR count). The van der Waals surface area contributed by atoms with Crippen molar-refractivity contribution in [2.75, 3.05) is 26.7 Å². The Kier molecular flexibility index (Phi) is 7.70. The lowest BCUT2D eigenvalue weighted by atomic mass is 9.73.